The molecular formula is C17H23F3IN5O. The number of hydrogen-bond acceptors (Lipinski definition) is 3. The quantitative estimate of drug-likeness (QED) is 0.359. The van der Waals surface area contributed by atoms with Crippen LogP contribution in [0.3, 0.4) is 0 Å². The maximum absolute atomic E-state index is 12.1. The van der Waals surface area contributed by atoms with Crippen LogP contribution in [0.2, 0.25) is 0 Å². The lowest BCUT2D eigenvalue weighted by Crippen LogP contribution is -2.24. The largest absolute Gasteiger partial charge is 0.573 e. The van der Waals surface area contributed by atoms with E-state index in [0.717, 1.165) is 17.9 Å². The van der Waals surface area contributed by atoms with Crippen molar-refractivity contribution in [3.05, 3.63) is 41.7 Å². The minimum Gasteiger partial charge on any atom is -0.406 e. The molecule has 1 unspecified atom stereocenters. The van der Waals surface area contributed by atoms with Crippen LogP contribution in [-0.2, 0) is 6.54 Å². The number of aliphatic imine (C=N–C) groups is 1. The number of aryl methyl sites for hydroxylation is 2. The Bertz CT molecular complexity index is 759. The molecule has 10 heteroatoms. The first-order chi connectivity index (χ1) is 12.1. The van der Waals surface area contributed by atoms with Crippen molar-refractivity contribution in [1.82, 2.24) is 9.78 Å². The van der Waals surface area contributed by atoms with Crippen LogP contribution in [0.5, 0.6) is 5.75 Å². The van der Waals surface area contributed by atoms with Gasteiger partial charge in [0.15, 0.2) is 5.96 Å². The van der Waals surface area contributed by atoms with E-state index in [1.165, 1.54) is 24.3 Å². The van der Waals surface area contributed by atoms with Crippen LogP contribution in [0.25, 0.3) is 0 Å². The molecule has 0 aliphatic heterocycles. The second-order valence-corrected chi connectivity index (χ2v) is 6.14. The molecule has 6 nitrogen and oxygen atoms in total. The first kappa shape index (κ1) is 23.1. The molecule has 0 saturated carbocycles. The SMILES string of the molecule is Cc1cc(C)n(CC(C)CN=C(N)Nc2ccc(OC(F)(F)F)cc2)n1.I. The number of benzene rings is 1. The third-order valence-electron chi connectivity index (χ3n) is 3.52. The van der Waals surface area contributed by atoms with Gasteiger partial charge in [0, 0.05) is 24.5 Å². The van der Waals surface area contributed by atoms with Gasteiger partial charge in [-0.15, -0.1) is 37.1 Å². The average Bonchev–Trinajstić information content (AvgIpc) is 2.83. The van der Waals surface area contributed by atoms with Crippen molar-refractivity contribution in [1.29, 1.82) is 0 Å². The summed E-state index contributed by atoms with van der Waals surface area (Å²) < 4.78 is 42.1. The Balaban J connectivity index is 0.00000364. The van der Waals surface area contributed by atoms with Gasteiger partial charge >= 0.3 is 6.36 Å². The number of hydrogen-bond donors (Lipinski definition) is 2. The highest BCUT2D eigenvalue weighted by Gasteiger charge is 2.30. The number of ether oxygens (including phenoxy) is 1. The second-order valence-electron chi connectivity index (χ2n) is 6.14. The van der Waals surface area contributed by atoms with Crippen LogP contribution in [0.1, 0.15) is 18.3 Å². The van der Waals surface area contributed by atoms with Gasteiger partial charge in [-0.2, -0.15) is 5.10 Å². The summed E-state index contributed by atoms with van der Waals surface area (Å²) in [4.78, 5) is 4.26. The molecule has 0 aliphatic carbocycles. The Hall–Kier alpha value is -1.98. The van der Waals surface area contributed by atoms with E-state index in [9.17, 15) is 13.2 Å². The minimum absolute atomic E-state index is 0. The summed E-state index contributed by atoms with van der Waals surface area (Å²) in [6.45, 7) is 7.19. The number of rotatable bonds is 6. The molecule has 150 valence electrons. The fraction of sp³-hybridized carbons (Fsp3) is 0.412. The summed E-state index contributed by atoms with van der Waals surface area (Å²) >= 11 is 0. The lowest BCUT2D eigenvalue weighted by atomic mass is 10.2. The maximum atomic E-state index is 12.1. The Morgan fingerprint density at radius 1 is 1.30 bits per heavy atom. The van der Waals surface area contributed by atoms with Crippen molar-refractivity contribution in [2.24, 2.45) is 16.6 Å². The highest BCUT2D eigenvalue weighted by Crippen LogP contribution is 2.23. The van der Waals surface area contributed by atoms with Crippen molar-refractivity contribution in [3.8, 4) is 5.75 Å². The number of nitrogens with one attached hydrogen (secondary N) is 1. The highest BCUT2D eigenvalue weighted by molar-refractivity contribution is 14.0. The van der Waals surface area contributed by atoms with E-state index in [0.29, 0.717) is 12.2 Å². The molecule has 2 aromatic rings. The number of anilines is 1. The third-order valence-corrected chi connectivity index (χ3v) is 3.52. The Morgan fingerprint density at radius 3 is 2.44 bits per heavy atom. The summed E-state index contributed by atoms with van der Waals surface area (Å²) in [5.74, 6) is 0.114. The molecule has 0 bridgehead atoms. The van der Waals surface area contributed by atoms with Crippen molar-refractivity contribution in [2.45, 2.75) is 33.7 Å². The molecular weight excluding hydrogens is 474 g/mol. The van der Waals surface area contributed by atoms with Crippen LogP contribution >= 0.6 is 24.0 Å². The molecule has 1 atom stereocenters. The molecule has 3 N–H and O–H groups in total. The summed E-state index contributed by atoms with van der Waals surface area (Å²) in [5, 5.41) is 7.24. The van der Waals surface area contributed by atoms with Gasteiger partial charge in [0.05, 0.1) is 5.69 Å². The lowest BCUT2D eigenvalue weighted by molar-refractivity contribution is -0.274. The van der Waals surface area contributed by atoms with Gasteiger partial charge in [-0.3, -0.25) is 9.67 Å². The van der Waals surface area contributed by atoms with Crippen LogP contribution < -0.4 is 15.8 Å². The predicted molar refractivity (Wildman–Crippen MR) is 110 cm³/mol. The molecule has 1 aromatic carbocycles. The normalized spacial score (nSPS) is 13.0. The number of nitrogens with two attached hydrogens (primary N) is 1. The summed E-state index contributed by atoms with van der Waals surface area (Å²) in [7, 11) is 0. The van der Waals surface area contributed by atoms with E-state index in [2.05, 4.69) is 20.1 Å². The smallest absolute Gasteiger partial charge is 0.406 e. The number of alkyl halides is 3. The number of guanidine groups is 1. The lowest BCUT2D eigenvalue weighted by Gasteiger charge is -2.12. The Kier molecular flexibility index (Phi) is 8.38. The van der Waals surface area contributed by atoms with Crippen molar-refractivity contribution in [3.63, 3.8) is 0 Å². The van der Waals surface area contributed by atoms with Crippen LogP contribution in [0.15, 0.2) is 35.3 Å². The molecule has 0 saturated heterocycles. The number of nitrogens with zero attached hydrogens (tertiary/aromatic N) is 3. The fourth-order valence-corrected chi connectivity index (χ4v) is 2.39. The second kappa shape index (κ2) is 9.81. The van der Waals surface area contributed by atoms with Crippen LogP contribution in [0, 0.1) is 19.8 Å². The average molecular weight is 497 g/mol. The van der Waals surface area contributed by atoms with Gasteiger partial charge in [-0.1, -0.05) is 6.92 Å². The van der Waals surface area contributed by atoms with Crippen LogP contribution in [0.4, 0.5) is 18.9 Å². The topological polar surface area (TPSA) is 77.5 Å². The molecule has 1 heterocycles. The third kappa shape index (κ3) is 8.06. The van der Waals surface area contributed by atoms with E-state index >= 15 is 0 Å². The predicted octanol–water partition coefficient (Wildman–Crippen LogP) is 4.08. The first-order valence-corrected chi connectivity index (χ1v) is 8.06. The van der Waals surface area contributed by atoms with Gasteiger partial charge < -0.3 is 15.8 Å². The van der Waals surface area contributed by atoms with Gasteiger partial charge in [0.25, 0.3) is 0 Å². The van der Waals surface area contributed by atoms with Crippen molar-refractivity contribution in [2.75, 3.05) is 11.9 Å². The Morgan fingerprint density at radius 2 is 1.93 bits per heavy atom. The van der Waals surface area contributed by atoms with E-state index in [4.69, 9.17) is 5.73 Å². The van der Waals surface area contributed by atoms with Gasteiger partial charge in [0.1, 0.15) is 5.75 Å². The standard InChI is InChI=1S/C17H22F3N5O.HI/c1-11(10-25-13(3)8-12(2)24-25)9-22-16(21)23-14-4-6-15(7-5-14)26-17(18,19)20;/h4-8,11H,9-10H2,1-3H3,(H3,21,22,23);1H. The number of halogens is 4. The molecule has 1 aromatic heterocycles. The summed E-state index contributed by atoms with van der Waals surface area (Å²) in [6.07, 6.45) is -4.71. The Labute approximate surface area is 173 Å². The number of aromatic nitrogens is 2. The summed E-state index contributed by atoms with van der Waals surface area (Å²) in [6, 6.07) is 7.28. The van der Waals surface area contributed by atoms with Gasteiger partial charge in [-0.25, -0.2) is 0 Å². The van der Waals surface area contributed by atoms with Gasteiger partial charge in [-0.05, 0) is 50.1 Å². The van der Waals surface area contributed by atoms with Crippen LogP contribution in [-0.4, -0.2) is 28.6 Å². The molecule has 0 fully saturated rings. The molecule has 0 amide bonds. The van der Waals surface area contributed by atoms with E-state index in [1.54, 1.807) is 0 Å². The fourth-order valence-electron chi connectivity index (χ4n) is 2.39. The molecule has 27 heavy (non-hydrogen) atoms. The molecule has 0 spiro atoms. The zero-order chi connectivity index (χ0) is 19.3. The zero-order valence-corrected chi connectivity index (χ0v) is 17.6. The van der Waals surface area contributed by atoms with E-state index < -0.39 is 6.36 Å². The minimum atomic E-state index is -4.71. The maximum Gasteiger partial charge on any atom is 0.573 e. The zero-order valence-electron chi connectivity index (χ0n) is 15.2. The van der Waals surface area contributed by atoms with Crippen molar-refractivity contribution >= 4 is 35.6 Å². The monoisotopic (exact) mass is 497 g/mol. The summed E-state index contributed by atoms with van der Waals surface area (Å²) in [5.41, 5.74) is 8.41. The highest BCUT2D eigenvalue weighted by atomic mass is 127. The van der Waals surface area contributed by atoms with Crippen molar-refractivity contribution < 1.29 is 17.9 Å². The first-order valence-electron chi connectivity index (χ1n) is 8.06. The van der Waals surface area contributed by atoms with E-state index in [1.807, 2.05) is 31.5 Å². The van der Waals surface area contributed by atoms with Gasteiger partial charge in [0.2, 0.25) is 0 Å². The molecule has 0 aliphatic rings. The van der Waals surface area contributed by atoms with E-state index in [-0.39, 0.29) is 41.6 Å². The molecule has 2 rings (SSSR count). The molecule has 0 radical (unpaired) electrons.